The molecule has 0 fully saturated rings. The first-order chi connectivity index (χ1) is 7.90. The fourth-order valence-electron chi connectivity index (χ4n) is 1.14. The molecule has 0 amide bonds. The number of aromatic amines is 1. The first-order valence-corrected chi connectivity index (χ1v) is 7.58. The predicted molar refractivity (Wildman–Crippen MR) is 70.6 cm³/mol. The number of nitrogen functional groups attached to an aromatic ring is 1. The number of nitrogens with two attached hydrogens (primary N) is 1. The Labute approximate surface area is 110 Å². The lowest BCUT2D eigenvalue weighted by atomic mass is 10.4. The Kier molecular flexibility index (Phi) is 3.15. The van der Waals surface area contributed by atoms with Crippen molar-refractivity contribution in [2.24, 2.45) is 0 Å². The Bertz CT molecular complexity index is 646. The summed E-state index contributed by atoms with van der Waals surface area (Å²) in [6.45, 7) is 1.71. The molecule has 9 heteroatoms. The second-order valence-electron chi connectivity index (χ2n) is 3.27. The average molecular weight is 337 g/mol. The molecule has 0 saturated carbocycles. The zero-order valence-corrected chi connectivity index (χ0v) is 11.9. The van der Waals surface area contributed by atoms with E-state index in [0.29, 0.717) is 11.4 Å². The molecule has 0 aliphatic heterocycles. The Balaban J connectivity index is 2.33. The predicted octanol–water partition coefficient (Wildman–Crippen LogP) is 1.93. The third-order valence-corrected chi connectivity index (χ3v) is 5.49. The van der Waals surface area contributed by atoms with E-state index in [2.05, 4.69) is 30.8 Å². The van der Waals surface area contributed by atoms with Crippen LogP contribution >= 0.6 is 27.3 Å². The van der Waals surface area contributed by atoms with Gasteiger partial charge in [0.1, 0.15) is 4.21 Å². The van der Waals surface area contributed by atoms with Gasteiger partial charge in [0.2, 0.25) is 0 Å². The van der Waals surface area contributed by atoms with Gasteiger partial charge in [-0.2, -0.15) is 5.10 Å². The van der Waals surface area contributed by atoms with Crippen LogP contribution in [0.15, 0.2) is 20.1 Å². The highest BCUT2D eigenvalue weighted by atomic mass is 79.9. The number of hydrogen-bond acceptors (Lipinski definition) is 5. The van der Waals surface area contributed by atoms with Gasteiger partial charge in [0.15, 0.2) is 5.82 Å². The quantitative estimate of drug-likeness (QED) is 0.796. The van der Waals surface area contributed by atoms with E-state index in [1.54, 1.807) is 13.0 Å². The van der Waals surface area contributed by atoms with Crippen LogP contribution < -0.4 is 10.5 Å². The van der Waals surface area contributed by atoms with E-state index in [9.17, 15) is 8.42 Å². The number of hydrogen-bond donors (Lipinski definition) is 3. The Morgan fingerprint density at radius 3 is 2.71 bits per heavy atom. The molecular weight excluding hydrogens is 328 g/mol. The number of anilines is 2. The lowest BCUT2D eigenvalue weighted by molar-refractivity contribution is 0.603. The van der Waals surface area contributed by atoms with Gasteiger partial charge in [0, 0.05) is 0 Å². The van der Waals surface area contributed by atoms with Crippen molar-refractivity contribution >= 4 is 48.8 Å². The van der Waals surface area contributed by atoms with Crippen LogP contribution in [0.4, 0.5) is 11.5 Å². The van der Waals surface area contributed by atoms with E-state index >= 15 is 0 Å². The minimum Gasteiger partial charge on any atom is -0.394 e. The molecule has 17 heavy (non-hydrogen) atoms. The Hall–Kier alpha value is -1.06. The molecule has 0 aliphatic rings. The molecule has 0 unspecified atom stereocenters. The van der Waals surface area contributed by atoms with Gasteiger partial charge in [-0.3, -0.25) is 9.82 Å². The van der Waals surface area contributed by atoms with Gasteiger partial charge in [0.25, 0.3) is 10.0 Å². The van der Waals surface area contributed by atoms with Crippen LogP contribution in [0.2, 0.25) is 0 Å². The molecule has 4 N–H and O–H groups in total. The minimum atomic E-state index is -3.63. The number of nitrogens with one attached hydrogen (secondary N) is 2. The molecule has 0 saturated heterocycles. The van der Waals surface area contributed by atoms with Gasteiger partial charge in [-0.05, 0) is 35.0 Å². The third kappa shape index (κ3) is 2.45. The van der Waals surface area contributed by atoms with Crippen molar-refractivity contribution in [2.45, 2.75) is 11.1 Å². The lowest BCUT2D eigenvalue weighted by Crippen LogP contribution is -2.12. The molecule has 2 aromatic heterocycles. The number of halogens is 1. The average Bonchev–Trinajstić information content (AvgIpc) is 2.80. The monoisotopic (exact) mass is 336 g/mol. The minimum absolute atomic E-state index is 0.118. The van der Waals surface area contributed by atoms with E-state index in [-0.39, 0.29) is 10.0 Å². The van der Waals surface area contributed by atoms with Crippen molar-refractivity contribution in [2.75, 3.05) is 10.5 Å². The zero-order chi connectivity index (χ0) is 12.6. The second kappa shape index (κ2) is 4.31. The van der Waals surface area contributed by atoms with Gasteiger partial charge >= 0.3 is 0 Å². The van der Waals surface area contributed by atoms with Gasteiger partial charge in [-0.25, -0.2) is 8.42 Å². The highest BCUT2D eigenvalue weighted by Gasteiger charge is 2.19. The van der Waals surface area contributed by atoms with Crippen LogP contribution in [-0.2, 0) is 10.0 Å². The maximum Gasteiger partial charge on any atom is 0.272 e. The van der Waals surface area contributed by atoms with E-state index in [4.69, 9.17) is 5.73 Å². The normalized spacial score (nSPS) is 11.6. The van der Waals surface area contributed by atoms with Crippen molar-refractivity contribution in [1.29, 1.82) is 0 Å². The molecule has 0 aromatic carbocycles. The van der Waals surface area contributed by atoms with E-state index in [1.165, 1.54) is 6.07 Å². The zero-order valence-electron chi connectivity index (χ0n) is 8.69. The molecular formula is C8H9BrN4O2S2. The summed E-state index contributed by atoms with van der Waals surface area (Å²) < 4.78 is 27.2. The summed E-state index contributed by atoms with van der Waals surface area (Å²) in [5.74, 6) is 0.118. The highest BCUT2D eigenvalue weighted by molar-refractivity contribution is 9.11. The molecule has 2 heterocycles. The van der Waals surface area contributed by atoms with Gasteiger partial charge < -0.3 is 5.73 Å². The number of nitrogens with zero attached hydrogens (tertiary/aromatic N) is 1. The number of thiophene rings is 1. The SMILES string of the molecule is Cc1[nH]nc(NS(=O)(=O)c2ccc(Br)s2)c1N. The first-order valence-electron chi connectivity index (χ1n) is 4.49. The molecule has 0 radical (unpaired) electrons. The van der Waals surface area contributed by atoms with Crippen molar-refractivity contribution in [3.63, 3.8) is 0 Å². The summed E-state index contributed by atoms with van der Waals surface area (Å²) in [6.07, 6.45) is 0. The number of rotatable bonds is 3. The van der Waals surface area contributed by atoms with Crippen molar-refractivity contribution < 1.29 is 8.42 Å². The van der Waals surface area contributed by atoms with E-state index < -0.39 is 10.0 Å². The van der Waals surface area contributed by atoms with Gasteiger partial charge in [-0.1, -0.05) is 0 Å². The summed E-state index contributed by atoms with van der Waals surface area (Å²) in [5.41, 5.74) is 6.58. The molecule has 0 spiro atoms. The molecule has 6 nitrogen and oxygen atoms in total. The summed E-state index contributed by atoms with van der Waals surface area (Å²) in [7, 11) is -3.63. The van der Waals surface area contributed by atoms with Crippen molar-refractivity contribution in [1.82, 2.24) is 10.2 Å². The molecule has 0 bridgehead atoms. The summed E-state index contributed by atoms with van der Waals surface area (Å²) in [5, 5.41) is 6.39. The smallest absolute Gasteiger partial charge is 0.272 e. The number of aryl methyl sites for hydroxylation is 1. The Morgan fingerprint density at radius 2 is 2.24 bits per heavy atom. The summed E-state index contributed by atoms with van der Waals surface area (Å²) in [6, 6.07) is 3.17. The van der Waals surface area contributed by atoms with E-state index in [1.807, 2.05) is 0 Å². The van der Waals surface area contributed by atoms with Gasteiger partial charge in [0.05, 0.1) is 15.2 Å². The maximum absolute atomic E-state index is 11.9. The van der Waals surface area contributed by atoms with Crippen molar-refractivity contribution in [3.8, 4) is 0 Å². The highest BCUT2D eigenvalue weighted by Crippen LogP contribution is 2.28. The van der Waals surface area contributed by atoms with Crippen LogP contribution in [0.5, 0.6) is 0 Å². The lowest BCUT2D eigenvalue weighted by Gasteiger charge is -2.03. The standard InChI is InChI=1S/C8H9BrN4O2S2/c1-4-7(10)8(12-11-4)13-17(14,15)6-3-2-5(9)16-6/h2-3H,10H2,1H3,(H2,11,12,13). The van der Waals surface area contributed by atoms with Crippen molar-refractivity contribution in [3.05, 3.63) is 21.6 Å². The molecule has 2 rings (SSSR count). The summed E-state index contributed by atoms with van der Waals surface area (Å²) >= 11 is 4.32. The third-order valence-electron chi connectivity index (χ3n) is 2.04. The number of sulfonamides is 1. The first kappa shape index (κ1) is 12.4. The van der Waals surface area contributed by atoms with Crippen LogP contribution in [0.1, 0.15) is 5.69 Å². The Morgan fingerprint density at radius 1 is 1.53 bits per heavy atom. The molecule has 2 aromatic rings. The fourth-order valence-corrected chi connectivity index (χ4v) is 4.17. The molecule has 0 aliphatic carbocycles. The number of H-pyrrole nitrogens is 1. The van der Waals surface area contributed by atoms with Crippen LogP contribution in [0.3, 0.4) is 0 Å². The fraction of sp³-hybridized carbons (Fsp3) is 0.125. The molecule has 0 atom stereocenters. The second-order valence-corrected chi connectivity index (χ2v) is 7.65. The van der Waals surface area contributed by atoms with Crippen LogP contribution in [-0.4, -0.2) is 18.6 Å². The van der Waals surface area contributed by atoms with Crippen LogP contribution in [0, 0.1) is 6.92 Å². The molecule has 92 valence electrons. The largest absolute Gasteiger partial charge is 0.394 e. The van der Waals surface area contributed by atoms with Crippen LogP contribution in [0.25, 0.3) is 0 Å². The maximum atomic E-state index is 11.9. The van der Waals surface area contributed by atoms with Gasteiger partial charge in [-0.15, -0.1) is 11.3 Å². The van der Waals surface area contributed by atoms with E-state index in [0.717, 1.165) is 15.1 Å². The topological polar surface area (TPSA) is 101 Å². The summed E-state index contributed by atoms with van der Waals surface area (Å²) in [4.78, 5) is 0. The number of aromatic nitrogens is 2.